The summed E-state index contributed by atoms with van der Waals surface area (Å²) in [7, 11) is -3.33. The molecule has 0 saturated carbocycles. The number of aryl methyl sites for hydroxylation is 1. The molecule has 1 rings (SSSR count). The van der Waals surface area contributed by atoms with E-state index in [9.17, 15) is 8.42 Å². The third-order valence-electron chi connectivity index (χ3n) is 1.08. The van der Waals surface area contributed by atoms with E-state index in [1.165, 1.54) is 11.3 Å². The molecule has 12 heavy (non-hydrogen) atoms. The average molecular weight is 207 g/mol. The van der Waals surface area contributed by atoms with Crippen molar-refractivity contribution in [3.05, 3.63) is 16.1 Å². The average Bonchev–Trinajstić information content (AvgIpc) is 2.30. The highest BCUT2D eigenvalue weighted by atomic mass is 32.2. The van der Waals surface area contributed by atoms with Crippen molar-refractivity contribution in [3.8, 4) is 0 Å². The van der Waals surface area contributed by atoms with Crippen LogP contribution >= 0.6 is 11.3 Å². The van der Waals surface area contributed by atoms with Gasteiger partial charge in [-0.3, -0.25) is 4.18 Å². The van der Waals surface area contributed by atoms with Crippen molar-refractivity contribution in [3.63, 3.8) is 0 Å². The number of nitrogens with zero attached hydrogens (tertiary/aromatic N) is 1. The highest BCUT2D eigenvalue weighted by Crippen LogP contribution is 2.13. The fourth-order valence-corrected chi connectivity index (χ4v) is 1.76. The Morgan fingerprint density at radius 3 is 2.75 bits per heavy atom. The third-order valence-corrected chi connectivity index (χ3v) is 2.52. The Bertz CT molecular complexity index is 355. The molecule has 0 bridgehead atoms. The molecule has 0 spiro atoms. The minimum atomic E-state index is -3.33. The second-order valence-corrected chi connectivity index (χ2v) is 5.28. The first-order chi connectivity index (χ1) is 5.47. The van der Waals surface area contributed by atoms with Crippen molar-refractivity contribution in [2.75, 3.05) is 6.26 Å². The summed E-state index contributed by atoms with van der Waals surface area (Å²) >= 11 is 1.43. The van der Waals surface area contributed by atoms with E-state index in [4.69, 9.17) is 0 Å². The fraction of sp³-hybridized carbons (Fsp3) is 0.500. The van der Waals surface area contributed by atoms with Crippen LogP contribution in [0.3, 0.4) is 0 Å². The molecule has 0 amide bonds. The summed E-state index contributed by atoms with van der Waals surface area (Å²) in [5, 5.41) is 0.905. The lowest BCUT2D eigenvalue weighted by Crippen LogP contribution is -2.01. The quantitative estimate of drug-likeness (QED) is 0.692. The Labute approximate surface area is 75.3 Å². The zero-order valence-electron chi connectivity index (χ0n) is 6.77. The summed E-state index contributed by atoms with van der Waals surface area (Å²) in [6.45, 7) is 1.94. The molecule has 4 nitrogen and oxygen atoms in total. The predicted octanol–water partition coefficient (Wildman–Crippen LogP) is 0.928. The fourth-order valence-electron chi connectivity index (χ4n) is 0.637. The number of hydrogen-bond acceptors (Lipinski definition) is 5. The van der Waals surface area contributed by atoms with Crippen LogP contribution in [0.5, 0.6) is 0 Å². The number of rotatable bonds is 3. The van der Waals surface area contributed by atoms with Crippen LogP contribution in [-0.2, 0) is 20.9 Å². The zero-order chi connectivity index (χ0) is 9.19. The molecule has 0 atom stereocenters. The molecule has 1 heterocycles. The minimum Gasteiger partial charge on any atom is -0.265 e. The van der Waals surface area contributed by atoms with Crippen LogP contribution in [0, 0.1) is 6.92 Å². The normalized spacial score (nSPS) is 11.8. The summed E-state index contributed by atoms with van der Waals surface area (Å²) in [5.74, 6) is 0. The van der Waals surface area contributed by atoms with E-state index in [-0.39, 0.29) is 6.61 Å². The summed E-state index contributed by atoms with van der Waals surface area (Å²) in [5.41, 5.74) is 0. The molecular weight excluding hydrogens is 198 g/mol. The van der Waals surface area contributed by atoms with Crippen molar-refractivity contribution in [2.24, 2.45) is 0 Å². The van der Waals surface area contributed by atoms with Gasteiger partial charge in [-0.1, -0.05) is 0 Å². The SMILES string of the molecule is Cc1ncc(COS(C)(=O)=O)s1. The van der Waals surface area contributed by atoms with Crippen molar-refractivity contribution < 1.29 is 12.6 Å². The highest BCUT2D eigenvalue weighted by Gasteiger charge is 2.04. The van der Waals surface area contributed by atoms with E-state index in [1.807, 2.05) is 6.92 Å². The zero-order valence-corrected chi connectivity index (χ0v) is 8.41. The molecule has 0 aromatic carbocycles. The van der Waals surface area contributed by atoms with Crippen LogP contribution in [0.4, 0.5) is 0 Å². The Hall–Kier alpha value is -0.460. The number of hydrogen-bond donors (Lipinski definition) is 0. The molecule has 0 saturated heterocycles. The first kappa shape index (κ1) is 9.63. The molecule has 1 aromatic heterocycles. The molecule has 0 unspecified atom stereocenters. The van der Waals surface area contributed by atoms with E-state index in [1.54, 1.807) is 6.20 Å². The number of thiazole rings is 1. The summed E-state index contributed by atoms with van der Waals surface area (Å²) in [6.07, 6.45) is 2.64. The van der Waals surface area contributed by atoms with Gasteiger partial charge in [0.1, 0.15) is 6.61 Å². The Kier molecular flexibility index (Phi) is 2.81. The van der Waals surface area contributed by atoms with Gasteiger partial charge in [0, 0.05) is 6.20 Å². The van der Waals surface area contributed by atoms with Gasteiger partial charge in [-0.25, -0.2) is 4.98 Å². The summed E-state index contributed by atoms with van der Waals surface area (Å²) in [4.78, 5) is 4.78. The molecule has 0 N–H and O–H groups in total. The standard InChI is InChI=1S/C6H9NO3S2/c1-5-7-3-6(11-5)4-10-12(2,8)9/h3H,4H2,1-2H3. The Morgan fingerprint density at radius 2 is 2.33 bits per heavy atom. The van der Waals surface area contributed by atoms with E-state index in [2.05, 4.69) is 9.17 Å². The maximum Gasteiger partial charge on any atom is 0.264 e. The van der Waals surface area contributed by atoms with Gasteiger partial charge in [0.05, 0.1) is 16.1 Å². The maximum atomic E-state index is 10.6. The molecule has 0 aliphatic heterocycles. The highest BCUT2D eigenvalue weighted by molar-refractivity contribution is 7.85. The second-order valence-electron chi connectivity index (χ2n) is 2.31. The van der Waals surface area contributed by atoms with E-state index >= 15 is 0 Å². The molecule has 6 heteroatoms. The lowest BCUT2D eigenvalue weighted by Gasteiger charge is -1.95. The van der Waals surface area contributed by atoms with E-state index in [0.29, 0.717) is 0 Å². The van der Waals surface area contributed by atoms with Crippen LogP contribution < -0.4 is 0 Å². The predicted molar refractivity (Wildman–Crippen MR) is 46.5 cm³/mol. The van der Waals surface area contributed by atoms with Crippen LogP contribution in [0.25, 0.3) is 0 Å². The largest absolute Gasteiger partial charge is 0.265 e. The van der Waals surface area contributed by atoms with Gasteiger partial charge in [-0.15, -0.1) is 11.3 Å². The van der Waals surface area contributed by atoms with Gasteiger partial charge >= 0.3 is 0 Å². The van der Waals surface area contributed by atoms with E-state index < -0.39 is 10.1 Å². The molecular formula is C6H9NO3S2. The van der Waals surface area contributed by atoms with Crippen molar-refractivity contribution in [2.45, 2.75) is 13.5 Å². The minimum absolute atomic E-state index is 0.0876. The van der Waals surface area contributed by atoms with Gasteiger partial charge in [0.2, 0.25) is 0 Å². The molecule has 1 aromatic rings. The van der Waals surface area contributed by atoms with Gasteiger partial charge in [0.15, 0.2) is 0 Å². The summed E-state index contributed by atoms with van der Waals surface area (Å²) in [6, 6.07) is 0. The van der Waals surface area contributed by atoms with Gasteiger partial charge < -0.3 is 0 Å². The molecule has 68 valence electrons. The Morgan fingerprint density at radius 1 is 1.67 bits per heavy atom. The molecule has 0 radical (unpaired) electrons. The molecule has 0 aliphatic rings. The monoisotopic (exact) mass is 207 g/mol. The lowest BCUT2D eigenvalue weighted by atomic mass is 10.6. The first-order valence-electron chi connectivity index (χ1n) is 3.23. The lowest BCUT2D eigenvalue weighted by molar-refractivity contribution is 0.315. The van der Waals surface area contributed by atoms with Crippen LogP contribution in [-0.4, -0.2) is 19.7 Å². The second kappa shape index (κ2) is 3.51. The van der Waals surface area contributed by atoms with Crippen molar-refractivity contribution in [1.82, 2.24) is 4.98 Å². The smallest absolute Gasteiger partial charge is 0.264 e. The van der Waals surface area contributed by atoms with Gasteiger partial charge in [-0.05, 0) is 6.92 Å². The van der Waals surface area contributed by atoms with Gasteiger partial charge in [0.25, 0.3) is 10.1 Å². The molecule has 0 fully saturated rings. The van der Waals surface area contributed by atoms with Crippen molar-refractivity contribution in [1.29, 1.82) is 0 Å². The van der Waals surface area contributed by atoms with Crippen LogP contribution in [0.2, 0.25) is 0 Å². The van der Waals surface area contributed by atoms with E-state index in [0.717, 1.165) is 16.1 Å². The van der Waals surface area contributed by atoms with Crippen molar-refractivity contribution >= 4 is 21.5 Å². The summed E-state index contributed by atoms with van der Waals surface area (Å²) < 4.78 is 25.7. The van der Waals surface area contributed by atoms with Crippen LogP contribution in [0.1, 0.15) is 9.88 Å². The maximum absolute atomic E-state index is 10.6. The van der Waals surface area contributed by atoms with Crippen LogP contribution in [0.15, 0.2) is 6.20 Å². The Balaban J connectivity index is 2.55. The first-order valence-corrected chi connectivity index (χ1v) is 5.86. The third kappa shape index (κ3) is 3.29. The number of aromatic nitrogens is 1. The topological polar surface area (TPSA) is 56.3 Å². The van der Waals surface area contributed by atoms with Gasteiger partial charge in [-0.2, -0.15) is 8.42 Å². The molecule has 0 aliphatic carbocycles.